The summed E-state index contributed by atoms with van der Waals surface area (Å²) in [6.45, 7) is 4.40. The first-order valence-electron chi connectivity index (χ1n) is 8.11. The number of nitrogens with zero attached hydrogens (tertiary/aromatic N) is 6. The van der Waals surface area contributed by atoms with Crippen molar-refractivity contribution in [2.75, 3.05) is 24.5 Å². The van der Waals surface area contributed by atoms with Gasteiger partial charge in [0.25, 0.3) is 0 Å². The molecule has 3 rings (SSSR count). The number of oxime groups is 1. The molecule has 3 heterocycles. The lowest BCUT2D eigenvalue weighted by molar-refractivity contribution is 0.280. The number of hydrogen-bond acceptors (Lipinski definition) is 7. The van der Waals surface area contributed by atoms with Crippen molar-refractivity contribution in [3.63, 3.8) is 0 Å². The van der Waals surface area contributed by atoms with Gasteiger partial charge < -0.3 is 25.5 Å². The molecule has 1 aliphatic rings. The molecule has 1 aliphatic heterocycles. The van der Waals surface area contributed by atoms with Gasteiger partial charge in [0.15, 0.2) is 5.75 Å². The van der Waals surface area contributed by atoms with Crippen molar-refractivity contribution in [1.82, 2.24) is 19.9 Å². The fraction of sp³-hybridized carbons (Fsp3) is 0.375. The minimum absolute atomic E-state index is 0.128. The van der Waals surface area contributed by atoms with Crippen molar-refractivity contribution in [3.8, 4) is 5.75 Å². The Bertz CT molecular complexity index is 771. The molecule has 1 atom stereocenters. The third-order valence-electron chi connectivity index (χ3n) is 4.18. The highest BCUT2D eigenvalue weighted by Crippen LogP contribution is 2.20. The Labute approximate surface area is 159 Å². The van der Waals surface area contributed by atoms with Crippen LogP contribution in [0, 0.1) is 0 Å². The lowest BCUT2D eigenvalue weighted by Gasteiger charge is -2.39. The van der Waals surface area contributed by atoms with Gasteiger partial charge in [0, 0.05) is 48.1 Å². The van der Waals surface area contributed by atoms with Crippen LogP contribution in [0.2, 0.25) is 0 Å². The van der Waals surface area contributed by atoms with E-state index in [-0.39, 0.29) is 12.0 Å². The Hall–Kier alpha value is -2.62. The molecule has 0 spiro atoms. The summed E-state index contributed by atoms with van der Waals surface area (Å²) in [6.07, 6.45) is 6.78. The van der Waals surface area contributed by atoms with Gasteiger partial charge in [0.05, 0.1) is 12.4 Å². The maximum absolute atomic E-state index is 8.80. The molecule has 0 unspecified atom stereocenters. The second kappa shape index (κ2) is 8.17. The number of rotatable bonds is 4. The van der Waals surface area contributed by atoms with Gasteiger partial charge in [-0.25, -0.2) is 9.97 Å². The van der Waals surface area contributed by atoms with Crippen LogP contribution >= 0.6 is 15.9 Å². The summed E-state index contributed by atoms with van der Waals surface area (Å²) in [5.74, 6) is 1.36. The molecule has 3 N–H and O–H groups in total. The number of aromatic nitrogens is 3. The number of anilines is 1. The summed E-state index contributed by atoms with van der Waals surface area (Å²) in [7, 11) is 0. The average molecular weight is 422 g/mol. The number of hydrogen-bond donors (Lipinski definition) is 2. The zero-order valence-electron chi connectivity index (χ0n) is 14.3. The van der Waals surface area contributed by atoms with Crippen LogP contribution in [-0.2, 0) is 6.61 Å². The standard InChI is InChI=1S/C16H20BrN7O2/c1-11-9-23(15(18)22-25)4-5-24(11)16-20-6-13(7-21-16)26-10-12-2-3-19-8-14(12)17/h2-3,6-8,11,25H,4-5,9-10H2,1H3,(H2,18,22)/t11-/m1/s1. The highest BCUT2D eigenvalue weighted by Gasteiger charge is 2.26. The molecule has 0 bridgehead atoms. The maximum atomic E-state index is 8.80. The number of halogens is 1. The van der Waals surface area contributed by atoms with E-state index < -0.39 is 0 Å². The molecule has 9 nitrogen and oxygen atoms in total. The van der Waals surface area contributed by atoms with E-state index in [9.17, 15) is 0 Å². The average Bonchev–Trinajstić information content (AvgIpc) is 2.67. The smallest absolute Gasteiger partial charge is 0.233 e. The highest BCUT2D eigenvalue weighted by molar-refractivity contribution is 9.10. The summed E-state index contributed by atoms with van der Waals surface area (Å²) < 4.78 is 6.63. The first-order chi connectivity index (χ1) is 12.6. The van der Waals surface area contributed by atoms with Crippen molar-refractivity contribution in [3.05, 3.63) is 40.9 Å². The van der Waals surface area contributed by atoms with Gasteiger partial charge in [-0.1, -0.05) is 5.16 Å². The zero-order chi connectivity index (χ0) is 18.5. The molecular weight excluding hydrogens is 402 g/mol. The largest absolute Gasteiger partial charge is 0.486 e. The highest BCUT2D eigenvalue weighted by atomic mass is 79.9. The van der Waals surface area contributed by atoms with Crippen LogP contribution in [0.1, 0.15) is 12.5 Å². The van der Waals surface area contributed by atoms with Gasteiger partial charge in [-0.05, 0) is 28.9 Å². The summed E-state index contributed by atoms with van der Waals surface area (Å²) in [5.41, 5.74) is 6.66. The summed E-state index contributed by atoms with van der Waals surface area (Å²) >= 11 is 3.44. The van der Waals surface area contributed by atoms with E-state index in [1.807, 2.05) is 17.9 Å². The molecule has 0 saturated carbocycles. The Kier molecular flexibility index (Phi) is 5.71. The normalized spacial score (nSPS) is 18.1. The maximum Gasteiger partial charge on any atom is 0.233 e. The van der Waals surface area contributed by atoms with Gasteiger partial charge in [0.1, 0.15) is 6.61 Å². The lowest BCUT2D eigenvalue weighted by Crippen LogP contribution is -2.56. The monoisotopic (exact) mass is 421 g/mol. The van der Waals surface area contributed by atoms with E-state index in [0.717, 1.165) is 10.0 Å². The molecule has 0 amide bonds. The van der Waals surface area contributed by atoms with Gasteiger partial charge in [0.2, 0.25) is 11.9 Å². The van der Waals surface area contributed by atoms with Crippen molar-refractivity contribution in [2.24, 2.45) is 10.9 Å². The van der Waals surface area contributed by atoms with Crippen LogP contribution in [-0.4, -0.2) is 56.7 Å². The van der Waals surface area contributed by atoms with Crippen molar-refractivity contribution >= 4 is 27.8 Å². The number of nitrogens with two attached hydrogens (primary N) is 1. The summed E-state index contributed by atoms with van der Waals surface area (Å²) in [5, 5.41) is 11.9. The van der Waals surface area contributed by atoms with Crippen molar-refractivity contribution in [1.29, 1.82) is 0 Å². The molecule has 1 saturated heterocycles. The Morgan fingerprint density at radius 3 is 2.81 bits per heavy atom. The minimum atomic E-state index is 0.128. The fourth-order valence-corrected chi connectivity index (χ4v) is 3.11. The topological polar surface area (TPSA) is 113 Å². The second-order valence-corrected chi connectivity index (χ2v) is 6.78. The SMILES string of the molecule is C[C@@H]1CN(/C(N)=N/O)CCN1c1ncc(OCc2ccncc2Br)cn1. The van der Waals surface area contributed by atoms with Crippen molar-refractivity contribution < 1.29 is 9.94 Å². The quantitative estimate of drug-likeness (QED) is 0.329. The molecule has 138 valence electrons. The summed E-state index contributed by atoms with van der Waals surface area (Å²) in [4.78, 5) is 16.8. The summed E-state index contributed by atoms with van der Waals surface area (Å²) in [6, 6.07) is 2.02. The van der Waals surface area contributed by atoms with Crippen LogP contribution in [0.5, 0.6) is 5.75 Å². The van der Waals surface area contributed by atoms with E-state index in [1.54, 1.807) is 24.8 Å². The lowest BCUT2D eigenvalue weighted by atomic mass is 10.2. The van der Waals surface area contributed by atoms with Crippen molar-refractivity contribution in [2.45, 2.75) is 19.6 Å². The number of ether oxygens (including phenoxy) is 1. The molecule has 10 heteroatoms. The van der Waals surface area contributed by atoms with Crippen LogP contribution in [0.3, 0.4) is 0 Å². The van der Waals surface area contributed by atoms with E-state index in [1.165, 1.54) is 0 Å². The first kappa shape index (κ1) is 18.2. The molecule has 26 heavy (non-hydrogen) atoms. The molecule has 1 fully saturated rings. The van der Waals surface area contributed by atoms with Gasteiger partial charge in [-0.15, -0.1) is 0 Å². The molecule has 0 aromatic carbocycles. The Morgan fingerprint density at radius 1 is 1.38 bits per heavy atom. The minimum Gasteiger partial charge on any atom is -0.486 e. The van der Waals surface area contributed by atoms with E-state index >= 15 is 0 Å². The van der Waals surface area contributed by atoms with Gasteiger partial charge in [-0.3, -0.25) is 4.98 Å². The number of pyridine rings is 1. The molecule has 2 aromatic rings. The predicted octanol–water partition coefficient (Wildman–Crippen LogP) is 1.43. The zero-order valence-corrected chi connectivity index (χ0v) is 15.9. The number of guanidine groups is 1. The van der Waals surface area contributed by atoms with E-state index in [4.69, 9.17) is 15.7 Å². The third-order valence-corrected chi connectivity index (χ3v) is 4.89. The fourth-order valence-electron chi connectivity index (χ4n) is 2.74. The van der Waals surface area contributed by atoms with E-state index in [2.05, 4.69) is 40.9 Å². The van der Waals surface area contributed by atoms with Gasteiger partial charge in [-0.2, -0.15) is 0 Å². The third kappa shape index (κ3) is 4.13. The predicted molar refractivity (Wildman–Crippen MR) is 100 cm³/mol. The van der Waals surface area contributed by atoms with Gasteiger partial charge >= 0.3 is 0 Å². The molecule has 0 radical (unpaired) electrons. The Balaban J connectivity index is 1.60. The van der Waals surface area contributed by atoms with Crippen LogP contribution in [0.15, 0.2) is 40.5 Å². The molecule has 0 aliphatic carbocycles. The first-order valence-corrected chi connectivity index (χ1v) is 8.90. The molecule has 2 aromatic heterocycles. The van der Waals surface area contributed by atoms with Crippen LogP contribution < -0.4 is 15.4 Å². The van der Waals surface area contributed by atoms with Crippen LogP contribution in [0.4, 0.5) is 5.95 Å². The second-order valence-electron chi connectivity index (χ2n) is 5.92. The molecular formula is C16H20BrN7O2. The van der Waals surface area contributed by atoms with E-state index in [0.29, 0.717) is 37.9 Å². The van der Waals surface area contributed by atoms with Crippen LogP contribution in [0.25, 0.3) is 0 Å². The number of piperazine rings is 1. The Morgan fingerprint density at radius 2 is 2.15 bits per heavy atom.